The third-order valence-electron chi connectivity index (χ3n) is 14.8. The van der Waals surface area contributed by atoms with Gasteiger partial charge in [0.05, 0.1) is 0 Å². The molecule has 0 aliphatic rings. The SMILES string of the molecule is CCC/C=C\CCCCCCCC(=O)OCC(COC(=O)CCCCCCCCCCCCCCCCCCCCCCCCCCCCCC)OC(=O)CCCCCCCCC/C=C\C/C=C\CCCCCC. The molecular formula is C68H126O6. The van der Waals surface area contributed by atoms with Crippen molar-refractivity contribution in [2.45, 2.75) is 367 Å². The molecule has 0 spiro atoms. The molecule has 0 saturated heterocycles. The Morgan fingerprint density at radius 2 is 0.514 bits per heavy atom. The van der Waals surface area contributed by atoms with Crippen LogP contribution in [-0.2, 0) is 28.6 Å². The minimum absolute atomic E-state index is 0.0743. The van der Waals surface area contributed by atoms with Crippen LogP contribution >= 0.6 is 0 Å². The molecule has 1 unspecified atom stereocenters. The molecule has 434 valence electrons. The zero-order valence-electron chi connectivity index (χ0n) is 49.9. The first-order valence-corrected chi connectivity index (χ1v) is 33.0. The Balaban J connectivity index is 4.13. The molecule has 1 atom stereocenters. The van der Waals surface area contributed by atoms with E-state index in [-0.39, 0.29) is 31.1 Å². The third-order valence-corrected chi connectivity index (χ3v) is 14.8. The van der Waals surface area contributed by atoms with Crippen molar-refractivity contribution in [3.8, 4) is 0 Å². The van der Waals surface area contributed by atoms with Gasteiger partial charge in [0.15, 0.2) is 6.10 Å². The number of carbonyl (C=O) groups is 3. The summed E-state index contributed by atoms with van der Waals surface area (Å²) < 4.78 is 16.9. The van der Waals surface area contributed by atoms with Crippen LogP contribution in [0.3, 0.4) is 0 Å². The molecule has 6 nitrogen and oxygen atoms in total. The highest BCUT2D eigenvalue weighted by molar-refractivity contribution is 5.71. The van der Waals surface area contributed by atoms with Crippen LogP contribution in [0.2, 0.25) is 0 Å². The summed E-state index contributed by atoms with van der Waals surface area (Å²) in [7, 11) is 0. The van der Waals surface area contributed by atoms with E-state index in [4.69, 9.17) is 14.2 Å². The number of carbonyl (C=O) groups excluding carboxylic acids is 3. The summed E-state index contributed by atoms with van der Waals surface area (Å²) in [6, 6.07) is 0. The lowest BCUT2D eigenvalue weighted by Gasteiger charge is -2.18. The maximum atomic E-state index is 12.9. The van der Waals surface area contributed by atoms with Gasteiger partial charge in [-0.25, -0.2) is 0 Å². The van der Waals surface area contributed by atoms with Crippen molar-refractivity contribution in [3.63, 3.8) is 0 Å². The van der Waals surface area contributed by atoms with E-state index < -0.39 is 6.10 Å². The van der Waals surface area contributed by atoms with Gasteiger partial charge in [0, 0.05) is 19.3 Å². The standard InChI is InChI=1S/C68H126O6/c1-4-7-10-13-16-19-22-24-26-28-30-31-32-33-34-35-36-37-38-39-41-42-44-46-49-52-55-58-61-67(70)73-64-65(63-72-66(69)60-57-54-51-48-21-18-15-12-9-6-3)74-68(71)62-59-56-53-50-47-45-43-40-29-27-25-23-20-17-14-11-8-5-2/h12,15,20,23,27,29,65H,4-11,13-14,16-19,21-22,24-26,28,30-64H2,1-3H3/b15-12-,23-20-,29-27-. The predicted molar refractivity (Wildman–Crippen MR) is 321 cm³/mol. The van der Waals surface area contributed by atoms with E-state index in [1.54, 1.807) is 0 Å². The molecule has 0 fully saturated rings. The van der Waals surface area contributed by atoms with E-state index >= 15 is 0 Å². The van der Waals surface area contributed by atoms with Crippen molar-refractivity contribution in [3.05, 3.63) is 36.5 Å². The third kappa shape index (κ3) is 60.5. The molecule has 0 rings (SSSR count). The smallest absolute Gasteiger partial charge is 0.306 e. The van der Waals surface area contributed by atoms with Gasteiger partial charge < -0.3 is 14.2 Å². The summed E-state index contributed by atoms with van der Waals surface area (Å²) in [5.74, 6) is -0.873. The van der Waals surface area contributed by atoms with Gasteiger partial charge in [-0.05, 0) is 70.6 Å². The number of allylic oxidation sites excluding steroid dienone is 6. The van der Waals surface area contributed by atoms with Crippen LogP contribution in [0.1, 0.15) is 361 Å². The van der Waals surface area contributed by atoms with Crippen molar-refractivity contribution in [1.29, 1.82) is 0 Å². The van der Waals surface area contributed by atoms with Crippen molar-refractivity contribution < 1.29 is 28.6 Å². The summed E-state index contributed by atoms with van der Waals surface area (Å²) in [6.07, 6.45) is 77.5. The minimum Gasteiger partial charge on any atom is -0.462 e. The van der Waals surface area contributed by atoms with Gasteiger partial charge in [0.1, 0.15) is 13.2 Å². The fraction of sp³-hybridized carbons (Fsp3) is 0.868. The van der Waals surface area contributed by atoms with E-state index in [1.807, 2.05) is 0 Å². The molecule has 0 amide bonds. The molecular weight excluding hydrogens is 913 g/mol. The molecule has 6 heteroatoms. The summed E-state index contributed by atoms with van der Waals surface area (Å²) in [6.45, 7) is 6.61. The highest BCUT2D eigenvalue weighted by Gasteiger charge is 2.19. The van der Waals surface area contributed by atoms with Gasteiger partial charge in [0.25, 0.3) is 0 Å². The fourth-order valence-electron chi connectivity index (χ4n) is 9.89. The Morgan fingerprint density at radius 1 is 0.270 bits per heavy atom. The number of ether oxygens (including phenoxy) is 3. The monoisotopic (exact) mass is 1040 g/mol. The van der Waals surface area contributed by atoms with Crippen LogP contribution in [-0.4, -0.2) is 37.2 Å². The van der Waals surface area contributed by atoms with Gasteiger partial charge in [-0.1, -0.05) is 308 Å². The van der Waals surface area contributed by atoms with Gasteiger partial charge in [-0.3, -0.25) is 14.4 Å². The Hall–Kier alpha value is -2.37. The first kappa shape index (κ1) is 71.6. The molecule has 0 saturated carbocycles. The van der Waals surface area contributed by atoms with Gasteiger partial charge in [-0.15, -0.1) is 0 Å². The van der Waals surface area contributed by atoms with Crippen molar-refractivity contribution >= 4 is 17.9 Å². The molecule has 0 N–H and O–H groups in total. The van der Waals surface area contributed by atoms with E-state index in [1.165, 1.54) is 238 Å². The number of esters is 3. The molecule has 0 bridgehead atoms. The number of rotatable bonds is 61. The minimum atomic E-state index is -0.777. The first-order valence-electron chi connectivity index (χ1n) is 33.0. The highest BCUT2D eigenvalue weighted by atomic mass is 16.6. The van der Waals surface area contributed by atoms with Crippen LogP contribution < -0.4 is 0 Å². The van der Waals surface area contributed by atoms with E-state index in [9.17, 15) is 14.4 Å². The number of hydrogen-bond donors (Lipinski definition) is 0. The lowest BCUT2D eigenvalue weighted by molar-refractivity contribution is -0.167. The molecule has 0 aliphatic heterocycles. The average molecular weight is 1040 g/mol. The van der Waals surface area contributed by atoms with Crippen LogP contribution in [0.4, 0.5) is 0 Å². The van der Waals surface area contributed by atoms with Gasteiger partial charge >= 0.3 is 17.9 Å². The van der Waals surface area contributed by atoms with Crippen molar-refractivity contribution in [2.75, 3.05) is 13.2 Å². The Morgan fingerprint density at radius 3 is 0.824 bits per heavy atom. The Kier molecular flexibility index (Phi) is 61.1. The molecule has 0 radical (unpaired) electrons. The lowest BCUT2D eigenvalue weighted by atomic mass is 10.0. The second-order valence-corrected chi connectivity index (χ2v) is 22.4. The second kappa shape index (κ2) is 63.2. The largest absolute Gasteiger partial charge is 0.462 e. The van der Waals surface area contributed by atoms with Gasteiger partial charge in [-0.2, -0.15) is 0 Å². The first-order chi connectivity index (χ1) is 36.5. The number of unbranched alkanes of at least 4 members (excludes halogenated alkanes) is 44. The maximum absolute atomic E-state index is 12.9. The zero-order valence-corrected chi connectivity index (χ0v) is 49.9. The molecule has 0 aromatic carbocycles. The normalized spacial score (nSPS) is 12.2. The molecule has 0 aromatic heterocycles. The van der Waals surface area contributed by atoms with Crippen molar-refractivity contribution in [2.24, 2.45) is 0 Å². The summed E-state index contributed by atoms with van der Waals surface area (Å²) >= 11 is 0. The summed E-state index contributed by atoms with van der Waals surface area (Å²) in [4.78, 5) is 38.2. The highest BCUT2D eigenvalue weighted by Crippen LogP contribution is 2.18. The van der Waals surface area contributed by atoms with E-state index in [0.717, 1.165) is 83.5 Å². The van der Waals surface area contributed by atoms with Gasteiger partial charge in [0.2, 0.25) is 0 Å². The quantitative estimate of drug-likeness (QED) is 0.0261. The second-order valence-electron chi connectivity index (χ2n) is 22.4. The van der Waals surface area contributed by atoms with E-state index in [2.05, 4.69) is 57.2 Å². The summed E-state index contributed by atoms with van der Waals surface area (Å²) in [5, 5.41) is 0. The summed E-state index contributed by atoms with van der Waals surface area (Å²) in [5.41, 5.74) is 0. The average Bonchev–Trinajstić information content (AvgIpc) is 3.40. The fourth-order valence-corrected chi connectivity index (χ4v) is 9.89. The molecule has 0 aromatic rings. The van der Waals surface area contributed by atoms with Crippen LogP contribution in [0.5, 0.6) is 0 Å². The van der Waals surface area contributed by atoms with Crippen LogP contribution in [0.15, 0.2) is 36.5 Å². The lowest BCUT2D eigenvalue weighted by Crippen LogP contribution is -2.30. The Labute approximate surface area is 461 Å². The molecule has 0 heterocycles. The predicted octanol–water partition coefficient (Wildman–Crippen LogP) is 22.4. The van der Waals surface area contributed by atoms with Crippen LogP contribution in [0, 0.1) is 0 Å². The topological polar surface area (TPSA) is 78.9 Å². The molecule has 74 heavy (non-hydrogen) atoms. The van der Waals surface area contributed by atoms with Crippen LogP contribution in [0.25, 0.3) is 0 Å². The van der Waals surface area contributed by atoms with E-state index in [0.29, 0.717) is 19.3 Å². The Bertz CT molecular complexity index is 1240. The van der Waals surface area contributed by atoms with Crippen molar-refractivity contribution in [1.82, 2.24) is 0 Å². The number of hydrogen-bond acceptors (Lipinski definition) is 6. The zero-order chi connectivity index (χ0) is 53.6. The maximum Gasteiger partial charge on any atom is 0.306 e. The molecule has 0 aliphatic carbocycles.